The van der Waals surface area contributed by atoms with E-state index in [9.17, 15) is 19.2 Å². The summed E-state index contributed by atoms with van der Waals surface area (Å²) < 4.78 is 30.2. The Bertz CT molecular complexity index is 908. The van der Waals surface area contributed by atoms with Gasteiger partial charge in [0.15, 0.2) is 11.5 Å². The van der Waals surface area contributed by atoms with Crippen LogP contribution in [0.1, 0.15) is 38.3 Å². The average Bonchev–Trinajstić information content (AvgIpc) is 3.10. The molecule has 1 aromatic rings. The summed E-state index contributed by atoms with van der Waals surface area (Å²) in [5.41, 5.74) is 0.865. The number of ether oxygens (including phenoxy) is 3. The number of alkyl halides is 1. The third kappa shape index (κ3) is 4.68. The van der Waals surface area contributed by atoms with Crippen molar-refractivity contribution in [2.24, 2.45) is 0 Å². The third-order valence-electron chi connectivity index (χ3n) is 5.43. The standard InChI is InChI=1S/C22H28FN3O5/c1-22(2,3)31-21(28)26-11-14-8-19(30-5)18(29-4)7-13(14)6-17(26)20(27)25-12-15(23)9-16(25)10-24/h7-8,15-17H,6,9,11-12H2,1-5H3/t15-,16-,17-/m0/s1. The van der Waals surface area contributed by atoms with Crippen molar-refractivity contribution in [3.63, 3.8) is 0 Å². The van der Waals surface area contributed by atoms with E-state index in [1.54, 1.807) is 32.9 Å². The van der Waals surface area contributed by atoms with Crippen molar-refractivity contribution < 1.29 is 28.2 Å². The molecule has 2 heterocycles. The van der Waals surface area contributed by atoms with Gasteiger partial charge in [0, 0.05) is 12.8 Å². The Hall–Kier alpha value is -3.02. The lowest BCUT2D eigenvalue weighted by atomic mass is 9.92. The molecule has 0 aliphatic carbocycles. The fourth-order valence-electron chi connectivity index (χ4n) is 3.99. The summed E-state index contributed by atoms with van der Waals surface area (Å²) in [6, 6.07) is 3.78. The summed E-state index contributed by atoms with van der Waals surface area (Å²) in [6.07, 6.45) is -1.73. The van der Waals surface area contributed by atoms with Crippen LogP contribution >= 0.6 is 0 Å². The average molecular weight is 433 g/mol. The Morgan fingerprint density at radius 2 is 1.74 bits per heavy atom. The first kappa shape index (κ1) is 22.7. The second-order valence-corrected chi connectivity index (χ2v) is 8.77. The zero-order chi connectivity index (χ0) is 22.9. The number of rotatable bonds is 3. The molecule has 0 aromatic heterocycles. The summed E-state index contributed by atoms with van der Waals surface area (Å²) in [7, 11) is 3.04. The van der Waals surface area contributed by atoms with Crippen LogP contribution in [-0.4, -0.2) is 66.4 Å². The van der Waals surface area contributed by atoms with Gasteiger partial charge in [-0.1, -0.05) is 0 Å². The number of hydrogen-bond donors (Lipinski definition) is 0. The van der Waals surface area contributed by atoms with Gasteiger partial charge in [0.2, 0.25) is 5.91 Å². The van der Waals surface area contributed by atoms with E-state index in [0.717, 1.165) is 11.1 Å². The van der Waals surface area contributed by atoms with E-state index in [-0.39, 0.29) is 25.9 Å². The molecule has 0 spiro atoms. The summed E-state index contributed by atoms with van der Waals surface area (Å²) in [5.74, 6) is 0.565. The Morgan fingerprint density at radius 3 is 2.29 bits per heavy atom. The van der Waals surface area contributed by atoms with E-state index in [0.29, 0.717) is 11.5 Å². The maximum Gasteiger partial charge on any atom is 0.411 e. The third-order valence-corrected chi connectivity index (χ3v) is 5.43. The van der Waals surface area contributed by atoms with Gasteiger partial charge < -0.3 is 19.1 Å². The predicted octanol–water partition coefficient (Wildman–Crippen LogP) is 2.83. The van der Waals surface area contributed by atoms with Crippen molar-refractivity contribution in [2.45, 2.75) is 64.0 Å². The largest absolute Gasteiger partial charge is 0.493 e. The van der Waals surface area contributed by atoms with E-state index >= 15 is 0 Å². The van der Waals surface area contributed by atoms with Crippen LogP contribution in [0.25, 0.3) is 0 Å². The lowest BCUT2D eigenvalue weighted by Crippen LogP contribution is -2.55. The van der Waals surface area contributed by atoms with E-state index in [1.807, 2.05) is 6.07 Å². The fraction of sp³-hybridized carbons (Fsp3) is 0.591. The molecule has 3 atom stereocenters. The van der Waals surface area contributed by atoms with Crippen molar-refractivity contribution in [1.82, 2.24) is 9.80 Å². The number of fused-ring (bicyclic) bond motifs is 1. The van der Waals surface area contributed by atoms with E-state index < -0.39 is 35.9 Å². The molecule has 2 aliphatic rings. The van der Waals surface area contributed by atoms with Crippen molar-refractivity contribution >= 4 is 12.0 Å². The van der Waals surface area contributed by atoms with Gasteiger partial charge in [-0.15, -0.1) is 0 Å². The maximum atomic E-state index is 14.0. The van der Waals surface area contributed by atoms with E-state index in [1.165, 1.54) is 24.0 Å². The van der Waals surface area contributed by atoms with Crippen molar-refractivity contribution in [3.05, 3.63) is 23.3 Å². The predicted molar refractivity (Wildman–Crippen MR) is 109 cm³/mol. The van der Waals surface area contributed by atoms with Gasteiger partial charge in [-0.2, -0.15) is 5.26 Å². The van der Waals surface area contributed by atoms with Crippen LogP contribution in [0.4, 0.5) is 9.18 Å². The highest BCUT2D eigenvalue weighted by Gasteiger charge is 2.44. The lowest BCUT2D eigenvalue weighted by molar-refractivity contribution is -0.137. The van der Waals surface area contributed by atoms with Gasteiger partial charge in [0.1, 0.15) is 23.9 Å². The first-order chi connectivity index (χ1) is 14.6. The molecule has 1 saturated heterocycles. The topological polar surface area (TPSA) is 92.1 Å². The van der Waals surface area contributed by atoms with Crippen molar-refractivity contribution in [3.8, 4) is 17.6 Å². The molecule has 3 rings (SSSR count). The number of carbonyl (C=O) groups excluding carboxylic acids is 2. The first-order valence-electron chi connectivity index (χ1n) is 10.2. The molecule has 1 aromatic carbocycles. The van der Waals surface area contributed by atoms with Crippen LogP contribution in [-0.2, 0) is 22.5 Å². The molecule has 0 N–H and O–H groups in total. The van der Waals surface area contributed by atoms with Crippen molar-refractivity contribution in [2.75, 3.05) is 20.8 Å². The summed E-state index contributed by atoms with van der Waals surface area (Å²) >= 11 is 0. The molecule has 0 bridgehead atoms. The molecule has 0 unspecified atom stereocenters. The van der Waals surface area contributed by atoms with Gasteiger partial charge in [-0.25, -0.2) is 9.18 Å². The summed E-state index contributed by atoms with van der Waals surface area (Å²) in [4.78, 5) is 29.0. The minimum absolute atomic E-state index is 0.0248. The van der Waals surface area contributed by atoms with Crippen molar-refractivity contribution in [1.29, 1.82) is 5.26 Å². The van der Waals surface area contributed by atoms with E-state index in [2.05, 4.69) is 0 Å². The van der Waals surface area contributed by atoms with Crippen LogP contribution in [0.5, 0.6) is 11.5 Å². The molecular weight excluding hydrogens is 405 g/mol. The van der Waals surface area contributed by atoms with Gasteiger partial charge in [-0.05, 0) is 44.0 Å². The molecule has 2 amide bonds. The second-order valence-electron chi connectivity index (χ2n) is 8.77. The lowest BCUT2D eigenvalue weighted by Gasteiger charge is -2.39. The molecule has 1 fully saturated rings. The number of amides is 2. The highest BCUT2D eigenvalue weighted by Crippen LogP contribution is 2.36. The minimum atomic E-state index is -1.26. The molecular formula is C22H28FN3O5. The Labute approximate surface area is 181 Å². The Morgan fingerprint density at radius 1 is 1.13 bits per heavy atom. The Kier molecular flexibility index (Phi) is 6.30. The SMILES string of the molecule is COc1cc2c(cc1OC)CN(C(=O)OC(C)(C)C)[C@H](C(=O)N1C[C@@H](F)C[C@H]1C#N)C2. The molecule has 31 heavy (non-hydrogen) atoms. The molecule has 0 saturated carbocycles. The number of nitriles is 1. The minimum Gasteiger partial charge on any atom is -0.493 e. The van der Waals surface area contributed by atoms with Gasteiger partial charge in [0.05, 0.1) is 33.4 Å². The number of benzene rings is 1. The molecule has 8 nitrogen and oxygen atoms in total. The monoisotopic (exact) mass is 433 g/mol. The number of methoxy groups -OCH3 is 2. The highest BCUT2D eigenvalue weighted by atomic mass is 19.1. The Balaban J connectivity index is 1.99. The first-order valence-corrected chi connectivity index (χ1v) is 10.2. The highest BCUT2D eigenvalue weighted by molar-refractivity contribution is 5.87. The van der Waals surface area contributed by atoms with Gasteiger partial charge in [-0.3, -0.25) is 9.69 Å². The maximum absolute atomic E-state index is 14.0. The number of nitrogens with zero attached hydrogens (tertiary/aromatic N) is 3. The number of likely N-dealkylation sites (tertiary alicyclic amines) is 1. The van der Waals surface area contributed by atoms with Crippen LogP contribution < -0.4 is 9.47 Å². The van der Waals surface area contributed by atoms with Crippen LogP contribution in [0.2, 0.25) is 0 Å². The number of hydrogen-bond acceptors (Lipinski definition) is 6. The molecule has 2 aliphatic heterocycles. The fourth-order valence-corrected chi connectivity index (χ4v) is 3.99. The summed E-state index contributed by atoms with van der Waals surface area (Å²) in [6.45, 7) is 5.19. The van der Waals surface area contributed by atoms with Crippen LogP contribution in [0.3, 0.4) is 0 Å². The van der Waals surface area contributed by atoms with Gasteiger partial charge >= 0.3 is 6.09 Å². The van der Waals surface area contributed by atoms with Gasteiger partial charge in [0.25, 0.3) is 0 Å². The summed E-state index contributed by atoms with van der Waals surface area (Å²) in [5, 5.41) is 9.37. The van der Waals surface area contributed by atoms with Crippen LogP contribution in [0, 0.1) is 11.3 Å². The van der Waals surface area contributed by atoms with Crippen LogP contribution in [0.15, 0.2) is 12.1 Å². The smallest absolute Gasteiger partial charge is 0.411 e. The molecule has 9 heteroatoms. The zero-order valence-electron chi connectivity index (χ0n) is 18.5. The second kappa shape index (κ2) is 8.61. The van der Waals surface area contributed by atoms with E-state index in [4.69, 9.17) is 14.2 Å². The molecule has 168 valence electrons. The normalized spacial score (nSPS) is 23.1. The number of halogens is 1. The zero-order valence-corrected chi connectivity index (χ0v) is 18.5. The molecule has 0 radical (unpaired) electrons. The number of carbonyl (C=O) groups is 2. The quantitative estimate of drug-likeness (QED) is 0.728.